The highest BCUT2D eigenvalue weighted by Gasteiger charge is 2.18. The Kier molecular flexibility index (Phi) is 6.54. The molecule has 0 aliphatic heterocycles. The number of aryl methyl sites for hydroxylation is 2. The molecule has 0 aliphatic carbocycles. The molecular weight excluding hydrogens is 402 g/mol. The lowest BCUT2D eigenvalue weighted by Crippen LogP contribution is -2.25. The zero-order valence-corrected chi connectivity index (χ0v) is 17.7. The lowest BCUT2D eigenvalue weighted by molar-refractivity contribution is -0.119. The first kappa shape index (κ1) is 21.8. The summed E-state index contributed by atoms with van der Waals surface area (Å²) in [7, 11) is 2.99. The SMILES string of the molecule is CCn1cc(C(=O)OCC(=O)Nc2ccc(OC)c(OC)c2)c(=O)c2ccc(C)nc21. The van der Waals surface area contributed by atoms with Gasteiger partial charge in [-0.2, -0.15) is 0 Å². The Bertz CT molecular complexity index is 1200. The highest BCUT2D eigenvalue weighted by molar-refractivity contribution is 5.97. The van der Waals surface area contributed by atoms with Crippen molar-refractivity contribution in [3.63, 3.8) is 0 Å². The minimum absolute atomic E-state index is 0.154. The van der Waals surface area contributed by atoms with Crippen LogP contribution >= 0.6 is 0 Å². The number of ether oxygens (including phenoxy) is 3. The van der Waals surface area contributed by atoms with Gasteiger partial charge in [0.15, 0.2) is 18.1 Å². The lowest BCUT2D eigenvalue weighted by atomic mass is 10.2. The number of nitrogens with zero attached hydrogens (tertiary/aromatic N) is 2. The number of rotatable bonds is 7. The van der Waals surface area contributed by atoms with E-state index in [1.807, 2.05) is 13.8 Å². The Morgan fingerprint density at radius 2 is 1.84 bits per heavy atom. The highest BCUT2D eigenvalue weighted by Crippen LogP contribution is 2.29. The Morgan fingerprint density at radius 1 is 1.10 bits per heavy atom. The molecule has 162 valence electrons. The number of anilines is 1. The average molecular weight is 425 g/mol. The van der Waals surface area contributed by atoms with E-state index in [-0.39, 0.29) is 5.56 Å². The molecule has 0 aliphatic rings. The van der Waals surface area contributed by atoms with Crippen molar-refractivity contribution in [3.8, 4) is 11.5 Å². The standard InChI is InChI=1S/C22H23N3O6/c1-5-25-11-16(20(27)15-8-6-13(2)23-21(15)25)22(28)31-12-19(26)24-14-7-9-17(29-3)18(10-14)30-4/h6-11H,5,12H2,1-4H3,(H,24,26). The number of amides is 1. The van der Waals surface area contributed by atoms with Gasteiger partial charge in [0.05, 0.1) is 19.6 Å². The lowest BCUT2D eigenvalue weighted by Gasteiger charge is -2.12. The molecule has 0 fully saturated rings. The van der Waals surface area contributed by atoms with E-state index in [2.05, 4.69) is 10.3 Å². The van der Waals surface area contributed by atoms with E-state index in [1.54, 1.807) is 34.9 Å². The van der Waals surface area contributed by atoms with E-state index >= 15 is 0 Å². The predicted molar refractivity (Wildman–Crippen MR) is 115 cm³/mol. The number of aromatic nitrogens is 2. The number of hydrogen-bond acceptors (Lipinski definition) is 7. The normalized spacial score (nSPS) is 10.6. The number of benzene rings is 1. The molecule has 0 spiro atoms. The fourth-order valence-electron chi connectivity index (χ4n) is 3.07. The Morgan fingerprint density at radius 3 is 2.52 bits per heavy atom. The summed E-state index contributed by atoms with van der Waals surface area (Å²) in [5.74, 6) is -0.482. The van der Waals surface area contributed by atoms with Crippen LogP contribution in [0.4, 0.5) is 5.69 Å². The van der Waals surface area contributed by atoms with Crippen molar-refractivity contribution in [3.05, 3.63) is 58.0 Å². The quantitative estimate of drug-likeness (QED) is 0.580. The van der Waals surface area contributed by atoms with Gasteiger partial charge < -0.3 is 24.1 Å². The van der Waals surface area contributed by atoms with Gasteiger partial charge in [-0.1, -0.05) is 0 Å². The van der Waals surface area contributed by atoms with Crippen molar-refractivity contribution < 1.29 is 23.8 Å². The van der Waals surface area contributed by atoms with Gasteiger partial charge in [-0.25, -0.2) is 9.78 Å². The first-order chi connectivity index (χ1) is 14.9. The molecule has 0 atom stereocenters. The van der Waals surface area contributed by atoms with Gasteiger partial charge >= 0.3 is 5.97 Å². The van der Waals surface area contributed by atoms with Crippen LogP contribution in [0, 0.1) is 6.92 Å². The van der Waals surface area contributed by atoms with Gasteiger partial charge in [-0.05, 0) is 38.1 Å². The van der Waals surface area contributed by atoms with E-state index in [1.165, 1.54) is 20.4 Å². The van der Waals surface area contributed by atoms with Crippen molar-refractivity contribution in [2.24, 2.45) is 0 Å². The first-order valence-electron chi connectivity index (χ1n) is 9.57. The van der Waals surface area contributed by atoms with Crippen LogP contribution in [0.5, 0.6) is 11.5 Å². The summed E-state index contributed by atoms with van der Waals surface area (Å²) in [6.07, 6.45) is 1.41. The van der Waals surface area contributed by atoms with Gasteiger partial charge in [0.25, 0.3) is 5.91 Å². The molecule has 9 nitrogen and oxygen atoms in total. The number of nitrogens with one attached hydrogen (secondary N) is 1. The first-order valence-corrected chi connectivity index (χ1v) is 9.57. The number of carbonyl (C=O) groups excluding carboxylic acids is 2. The predicted octanol–water partition coefficient (Wildman–Crippen LogP) is 2.54. The molecule has 2 heterocycles. The maximum absolute atomic E-state index is 12.7. The Balaban J connectivity index is 1.74. The van der Waals surface area contributed by atoms with Crippen molar-refractivity contribution in [2.45, 2.75) is 20.4 Å². The summed E-state index contributed by atoms with van der Waals surface area (Å²) in [6, 6.07) is 8.18. The van der Waals surface area contributed by atoms with Crippen LogP contribution in [0.1, 0.15) is 23.0 Å². The van der Waals surface area contributed by atoms with Crippen LogP contribution in [0.3, 0.4) is 0 Å². The molecule has 0 radical (unpaired) electrons. The topological polar surface area (TPSA) is 109 Å². The molecule has 0 unspecified atom stereocenters. The molecule has 1 N–H and O–H groups in total. The monoisotopic (exact) mass is 425 g/mol. The number of fused-ring (bicyclic) bond motifs is 1. The van der Waals surface area contributed by atoms with Crippen molar-refractivity contribution in [2.75, 3.05) is 26.1 Å². The highest BCUT2D eigenvalue weighted by atomic mass is 16.5. The largest absolute Gasteiger partial charge is 0.493 e. The Labute approximate surface area is 178 Å². The molecule has 2 aromatic heterocycles. The summed E-state index contributed by atoms with van der Waals surface area (Å²) in [5, 5.41) is 2.92. The van der Waals surface area contributed by atoms with E-state index in [9.17, 15) is 14.4 Å². The molecule has 1 aromatic carbocycles. The maximum atomic E-state index is 12.7. The van der Waals surface area contributed by atoms with Crippen LogP contribution in [0.15, 0.2) is 41.3 Å². The van der Waals surface area contributed by atoms with Crippen molar-refractivity contribution in [1.82, 2.24) is 9.55 Å². The molecule has 0 saturated carbocycles. The van der Waals surface area contributed by atoms with Crippen LogP contribution < -0.4 is 20.2 Å². The number of pyridine rings is 2. The van der Waals surface area contributed by atoms with Crippen LogP contribution in [-0.2, 0) is 16.1 Å². The number of methoxy groups -OCH3 is 2. The number of esters is 1. The average Bonchev–Trinajstić information content (AvgIpc) is 2.77. The zero-order valence-electron chi connectivity index (χ0n) is 17.7. The third-order valence-electron chi connectivity index (χ3n) is 4.62. The number of hydrogen-bond donors (Lipinski definition) is 1. The van der Waals surface area contributed by atoms with E-state index < -0.39 is 23.9 Å². The van der Waals surface area contributed by atoms with Gasteiger partial charge in [0.1, 0.15) is 11.2 Å². The second-order valence-electron chi connectivity index (χ2n) is 6.68. The zero-order chi connectivity index (χ0) is 22.5. The summed E-state index contributed by atoms with van der Waals surface area (Å²) in [6.45, 7) is 3.65. The summed E-state index contributed by atoms with van der Waals surface area (Å²) in [5.41, 5.74) is 1.06. The maximum Gasteiger partial charge on any atom is 0.344 e. The van der Waals surface area contributed by atoms with Crippen LogP contribution in [0.25, 0.3) is 11.0 Å². The third kappa shape index (κ3) is 4.66. The second-order valence-corrected chi connectivity index (χ2v) is 6.68. The van der Waals surface area contributed by atoms with E-state index in [4.69, 9.17) is 14.2 Å². The molecule has 3 aromatic rings. The van der Waals surface area contributed by atoms with Crippen LogP contribution in [-0.4, -0.2) is 42.3 Å². The smallest absolute Gasteiger partial charge is 0.344 e. The molecule has 31 heavy (non-hydrogen) atoms. The van der Waals surface area contributed by atoms with Crippen molar-refractivity contribution >= 4 is 28.6 Å². The van der Waals surface area contributed by atoms with Gasteiger partial charge in [-0.15, -0.1) is 0 Å². The third-order valence-corrected chi connectivity index (χ3v) is 4.62. The Hall–Kier alpha value is -3.88. The van der Waals surface area contributed by atoms with E-state index in [0.29, 0.717) is 34.8 Å². The summed E-state index contributed by atoms with van der Waals surface area (Å²) >= 11 is 0. The molecule has 0 saturated heterocycles. The molecule has 1 amide bonds. The molecule has 9 heteroatoms. The summed E-state index contributed by atoms with van der Waals surface area (Å²) < 4.78 is 17.1. The van der Waals surface area contributed by atoms with Crippen molar-refractivity contribution in [1.29, 1.82) is 0 Å². The fraction of sp³-hybridized carbons (Fsp3) is 0.273. The van der Waals surface area contributed by atoms with Gasteiger partial charge in [-0.3, -0.25) is 9.59 Å². The summed E-state index contributed by atoms with van der Waals surface area (Å²) in [4.78, 5) is 41.8. The second kappa shape index (κ2) is 9.29. The van der Waals surface area contributed by atoms with E-state index in [0.717, 1.165) is 5.69 Å². The molecule has 3 rings (SSSR count). The fourth-order valence-corrected chi connectivity index (χ4v) is 3.07. The van der Waals surface area contributed by atoms with Gasteiger partial charge in [0.2, 0.25) is 5.43 Å². The molecular formula is C22H23N3O6. The minimum Gasteiger partial charge on any atom is -0.493 e. The minimum atomic E-state index is -0.878. The number of carbonyl (C=O) groups is 2. The van der Waals surface area contributed by atoms with Crippen LogP contribution in [0.2, 0.25) is 0 Å². The van der Waals surface area contributed by atoms with Gasteiger partial charge in [0, 0.05) is 30.2 Å². The molecule has 0 bridgehead atoms.